The lowest BCUT2D eigenvalue weighted by Gasteiger charge is -2.13. The second kappa shape index (κ2) is 7.28. The van der Waals surface area contributed by atoms with Gasteiger partial charge in [-0.15, -0.1) is 0 Å². The van der Waals surface area contributed by atoms with E-state index in [1.54, 1.807) is 0 Å². The molecular formula is C21H23O2+. The summed E-state index contributed by atoms with van der Waals surface area (Å²) in [6.45, 7) is 5.20. The van der Waals surface area contributed by atoms with Gasteiger partial charge < -0.3 is 4.74 Å². The Morgan fingerprint density at radius 2 is 1.70 bits per heavy atom. The Balaban J connectivity index is 1.82. The van der Waals surface area contributed by atoms with E-state index >= 15 is 0 Å². The molecule has 1 heterocycles. The minimum absolute atomic E-state index is 0.621. The summed E-state index contributed by atoms with van der Waals surface area (Å²) in [5, 5.41) is 1.06. The van der Waals surface area contributed by atoms with Gasteiger partial charge in [-0.1, -0.05) is 44.9 Å². The summed E-state index contributed by atoms with van der Waals surface area (Å²) in [4.78, 5) is 0. The van der Waals surface area contributed by atoms with Gasteiger partial charge in [0.2, 0.25) is 0 Å². The van der Waals surface area contributed by atoms with Crippen molar-refractivity contribution in [2.45, 2.75) is 26.7 Å². The van der Waals surface area contributed by atoms with Crippen molar-refractivity contribution in [3.05, 3.63) is 60.7 Å². The standard InChI is InChI=1S/C21H23O2/c1-3-16(4-2)15-22-19-11-13-21-18(14-19)10-12-20(23-21)17-8-6-5-7-9-17/h5-14,16H,3-4,15H2,1-2H3/q+1. The van der Waals surface area contributed by atoms with Gasteiger partial charge in [0.25, 0.3) is 0 Å². The van der Waals surface area contributed by atoms with Crippen LogP contribution in [0.25, 0.3) is 22.3 Å². The van der Waals surface area contributed by atoms with E-state index in [-0.39, 0.29) is 0 Å². The molecule has 0 bridgehead atoms. The summed E-state index contributed by atoms with van der Waals surface area (Å²) in [6.07, 6.45) is 2.31. The van der Waals surface area contributed by atoms with E-state index < -0.39 is 0 Å². The zero-order valence-corrected chi connectivity index (χ0v) is 13.8. The van der Waals surface area contributed by atoms with Crippen LogP contribution in [0, 0.1) is 5.92 Å². The van der Waals surface area contributed by atoms with Gasteiger partial charge in [-0.2, -0.15) is 0 Å². The molecule has 0 spiro atoms. The van der Waals surface area contributed by atoms with E-state index in [1.165, 1.54) is 0 Å². The highest BCUT2D eigenvalue weighted by Crippen LogP contribution is 2.27. The first-order chi connectivity index (χ1) is 11.3. The van der Waals surface area contributed by atoms with E-state index in [9.17, 15) is 0 Å². The van der Waals surface area contributed by atoms with Gasteiger partial charge in [-0.3, -0.25) is 0 Å². The van der Waals surface area contributed by atoms with Crippen molar-refractivity contribution < 1.29 is 9.15 Å². The van der Waals surface area contributed by atoms with Crippen LogP contribution in [-0.4, -0.2) is 6.61 Å². The Morgan fingerprint density at radius 1 is 0.913 bits per heavy atom. The van der Waals surface area contributed by atoms with Gasteiger partial charge in [0.15, 0.2) is 0 Å². The minimum atomic E-state index is 0.621. The summed E-state index contributed by atoms with van der Waals surface area (Å²) in [7, 11) is 0. The smallest absolute Gasteiger partial charge is 0.361 e. The zero-order chi connectivity index (χ0) is 16.1. The van der Waals surface area contributed by atoms with Gasteiger partial charge in [0.1, 0.15) is 5.75 Å². The molecule has 0 N–H and O–H groups in total. The van der Waals surface area contributed by atoms with Crippen LogP contribution in [0.4, 0.5) is 0 Å². The first-order valence-corrected chi connectivity index (χ1v) is 8.35. The molecule has 0 saturated heterocycles. The van der Waals surface area contributed by atoms with E-state index in [2.05, 4.69) is 38.1 Å². The molecular weight excluding hydrogens is 284 g/mol. The molecule has 3 rings (SSSR count). The summed E-state index contributed by atoms with van der Waals surface area (Å²) in [5.74, 6) is 2.41. The molecule has 23 heavy (non-hydrogen) atoms. The first kappa shape index (κ1) is 15.5. The van der Waals surface area contributed by atoms with Gasteiger partial charge in [-0.05, 0) is 36.2 Å². The van der Waals surface area contributed by atoms with Crippen molar-refractivity contribution in [1.82, 2.24) is 0 Å². The van der Waals surface area contributed by atoms with Gasteiger partial charge in [-0.25, -0.2) is 4.42 Å². The second-order valence-corrected chi connectivity index (χ2v) is 5.86. The number of benzene rings is 2. The fourth-order valence-corrected chi connectivity index (χ4v) is 2.65. The molecule has 2 heteroatoms. The topological polar surface area (TPSA) is 20.5 Å². The third-order valence-electron chi connectivity index (χ3n) is 4.31. The predicted octanol–water partition coefficient (Wildman–Crippen LogP) is 6.20. The van der Waals surface area contributed by atoms with Gasteiger partial charge in [0.05, 0.1) is 17.6 Å². The predicted molar refractivity (Wildman–Crippen MR) is 95.6 cm³/mol. The minimum Gasteiger partial charge on any atom is -0.493 e. The number of hydrogen-bond acceptors (Lipinski definition) is 1. The molecule has 0 atom stereocenters. The van der Waals surface area contributed by atoms with E-state index in [0.29, 0.717) is 5.92 Å². The van der Waals surface area contributed by atoms with Crippen LogP contribution >= 0.6 is 0 Å². The molecule has 0 saturated carbocycles. The maximum atomic E-state index is 6.02. The Labute approximate surface area is 137 Å². The maximum absolute atomic E-state index is 6.02. The SMILES string of the molecule is CCC(CC)COc1ccc2[o+]c(-c3ccccc3)ccc2c1. The largest absolute Gasteiger partial charge is 0.493 e. The molecule has 0 radical (unpaired) electrons. The molecule has 0 amide bonds. The highest BCUT2D eigenvalue weighted by atomic mass is 16.5. The van der Waals surface area contributed by atoms with Gasteiger partial charge in [0, 0.05) is 12.1 Å². The molecule has 0 unspecified atom stereocenters. The van der Waals surface area contributed by atoms with Crippen LogP contribution in [0.2, 0.25) is 0 Å². The monoisotopic (exact) mass is 307 g/mol. The first-order valence-electron chi connectivity index (χ1n) is 8.35. The van der Waals surface area contributed by atoms with Crippen LogP contribution in [0.3, 0.4) is 0 Å². The van der Waals surface area contributed by atoms with Crippen LogP contribution in [0.1, 0.15) is 26.7 Å². The maximum Gasteiger partial charge on any atom is 0.361 e. The fourth-order valence-electron chi connectivity index (χ4n) is 2.65. The molecule has 0 aliphatic carbocycles. The summed E-state index contributed by atoms with van der Waals surface area (Å²) in [5.41, 5.74) is 1.96. The highest BCUT2D eigenvalue weighted by molar-refractivity contribution is 5.80. The third-order valence-corrected chi connectivity index (χ3v) is 4.31. The molecule has 0 fully saturated rings. The summed E-state index contributed by atoms with van der Waals surface area (Å²) >= 11 is 0. The van der Waals surface area contributed by atoms with E-state index in [4.69, 9.17) is 9.15 Å². The molecule has 2 aromatic carbocycles. The lowest BCUT2D eigenvalue weighted by Crippen LogP contribution is -2.09. The van der Waals surface area contributed by atoms with Crippen molar-refractivity contribution in [2.24, 2.45) is 5.92 Å². The molecule has 1 aromatic heterocycles. The van der Waals surface area contributed by atoms with Crippen molar-refractivity contribution in [1.29, 1.82) is 0 Å². The average molecular weight is 307 g/mol. The fraction of sp³-hybridized carbons (Fsp3) is 0.286. The van der Waals surface area contributed by atoms with Gasteiger partial charge >= 0.3 is 11.3 Å². The summed E-state index contributed by atoms with van der Waals surface area (Å²) in [6, 6.07) is 20.3. The van der Waals surface area contributed by atoms with Crippen molar-refractivity contribution >= 4 is 11.0 Å². The molecule has 118 valence electrons. The van der Waals surface area contributed by atoms with Crippen LogP contribution in [-0.2, 0) is 0 Å². The molecule has 0 aliphatic rings. The van der Waals surface area contributed by atoms with E-state index in [1.807, 2.05) is 36.4 Å². The Morgan fingerprint density at radius 3 is 2.43 bits per heavy atom. The number of ether oxygens (including phenoxy) is 1. The van der Waals surface area contributed by atoms with Crippen LogP contribution < -0.4 is 4.74 Å². The van der Waals surface area contributed by atoms with Crippen LogP contribution in [0.15, 0.2) is 65.1 Å². The lowest BCUT2D eigenvalue weighted by molar-refractivity contribution is 0.241. The Bertz CT molecular complexity index is 761. The third kappa shape index (κ3) is 3.70. The van der Waals surface area contributed by atoms with Crippen LogP contribution in [0.5, 0.6) is 5.75 Å². The normalized spacial score (nSPS) is 11.1. The molecule has 3 aromatic rings. The Kier molecular flexibility index (Phi) is 4.92. The highest BCUT2D eigenvalue weighted by Gasteiger charge is 2.15. The zero-order valence-electron chi connectivity index (χ0n) is 13.8. The second-order valence-electron chi connectivity index (χ2n) is 5.86. The van der Waals surface area contributed by atoms with E-state index in [0.717, 1.165) is 47.5 Å². The lowest BCUT2D eigenvalue weighted by atomic mass is 10.1. The number of hydrogen-bond donors (Lipinski definition) is 0. The summed E-state index contributed by atoms with van der Waals surface area (Å²) < 4.78 is 11.9. The number of fused-ring (bicyclic) bond motifs is 1. The Hall–Kier alpha value is -2.35. The molecule has 0 aliphatic heterocycles. The van der Waals surface area contributed by atoms with Crippen molar-refractivity contribution in [3.63, 3.8) is 0 Å². The molecule has 2 nitrogen and oxygen atoms in total. The average Bonchev–Trinajstić information content (AvgIpc) is 2.63. The quantitative estimate of drug-likeness (QED) is 0.506. The van der Waals surface area contributed by atoms with Crippen molar-refractivity contribution in [2.75, 3.05) is 6.61 Å². The van der Waals surface area contributed by atoms with Crippen molar-refractivity contribution in [3.8, 4) is 17.1 Å². The number of rotatable bonds is 6.